The molecule has 0 heterocycles. The summed E-state index contributed by atoms with van der Waals surface area (Å²) in [4.78, 5) is 10.5. The van der Waals surface area contributed by atoms with Gasteiger partial charge in [-0.15, -0.1) is 0 Å². The van der Waals surface area contributed by atoms with E-state index in [4.69, 9.17) is 5.11 Å². The summed E-state index contributed by atoms with van der Waals surface area (Å²) in [6, 6.07) is 9.60. The van der Waals surface area contributed by atoms with Gasteiger partial charge in [0.2, 0.25) is 10.0 Å². The summed E-state index contributed by atoms with van der Waals surface area (Å²) in [5.41, 5.74) is 1.78. The van der Waals surface area contributed by atoms with Gasteiger partial charge in [-0.3, -0.25) is 9.52 Å². The molecule has 1 aliphatic carbocycles. The van der Waals surface area contributed by atoms with Crippen LogP contribution in [0.4, 0.5) is 0 Å². The Morgan fingerprint density at radius 1 is 1.27 bits per heavy atom. The van der Waals surface area contributed by atoms with Crippen molar-refractivity contribution in [3.8, 4) is 0 Å². The van der Waals surface area contributed by atoms with Gasteiger partial charge in [-0.1, -0.05) is 48.6 Å². The van der Waals surface area contributed by atoms with Crippen molar-refractivity contribution in [3.63, 3.8) is 0 Å². The van der Waals surface area contributed by atoms with E-state index in [1.165, 1.54) is 0 Å². The molecular formula is C20H27NO4S. The summed E-state index contributed by atoms with van der Waals surface area (Å²) in [6.07, 6.45) is 10.7. The zero-order valence-corrected chi connectivity index (χ0v) is 15.7. The average Bonchev–Trinajstić information content (AvgIpc) is 2.60. The molecule has 0 saturated heterocycles. The van der Waals surface area contributed by atoms with Crippen LogP contribution in [0.2, 0.25) is 0 Å². The smallest absolute Gasteiger partial charge is 0.303 e. The van der Waals surface area contributed by atoms with Gasteiger partial charge in [-0.2, -0.15) is 0 Å². The third-order valence-electron chi connectivity index (χ3n) is 4.33. The molecule has 26 heavy (non-hydrogen) atoms. The monoisotopic (exact) mass is 377 g/mol. The first-order valence-electron chi connectivity index (χ1n) is 9.08. The quantitative estimate of drug-likeness (QED) is 0.482. The molecule has 6 heteroatoms. The van der Waals surface area contributed by atoms with Gasteiger partial charge in [0.25, 0.3) is 0 Å². The lowest BCUT2D eigenvalue weighted by atomic mass is 9.93. The molecule has 2 rings (SSSR count). The van der Waals surface area contributed by atoms with E-state index in [0.717, 1.165) is 36.9 Å². The van der Waals surface area contributed by atoms with E-state index < -0.39 is 16.0 Å². The van der Waals surface area contributed by atoms with Crippen molar-refractivity contribution >= 4 is 16.0 Å². The van der Waals surface area contributed by atoms with Gasteiger partial charge in [0.15, 0.2) is 0 Å². The highest BCUT2D eigenvalue weighted by Crippen LogP contribution is 2.23. The van der Waals surface area contributed by atoms with Gasteiger partial charge in [0.1, 0.15) is 0 Å². The fourth-order valence-electron chi connectivity index (χ4n) is 2.98. The first kappa shape index (κ1) is 20.2. The lowest BCUT2D eigenvalue weighted by Gasteiger charge is -2.20. The van der Waals surface area contributed by atoms with Gasteiger partial charge < -0.3 is 5.11 Å². The molecule has 1 unspecified atom stereocenters. The molecule has 5 nitrogen and oxygen atoms in total. The van der Waals surface area contributed by atoms with E-state index in [2.05, 4.69) is 10.8 Å². The summed E-state index contributed by atoms with van der Waals surface area (Å²) >= 11 is 0. The lowest BCUT2D eigenvalue weighted by Crippen LogP contribution is -2.28. The van der Waals surface area contributed by atoms with Crippen LogP contribution in [0.3, 0.4) is 0 Å². The Kier molecular flexibility index (Phi) is 7.91. The Morgan fingerprint density at radius 2 is 2.04 bits per heavy atom. The van der Waals surface area contributed by atoms with Gasteiger partial charge in [0.05, 0.1) is 5.75 Å². The summed E-state index contributed by atoms with van der Waals surface area (Å²) in [5, 5.41) is 8.62. The zero-order valence-electron chi connectivity index (χ0n) is 14.9. The number of carboxylic acids is 1. The van der Waals surface area contributed by atoms with Gasteiger partial charge in [0, 0.05) is 12.1 Å². The number of allylic oxidation sites excluding steroid dienone is 4. The summed E-state index contributed by atoms with van der Waals surface area (Å²) < 4.78 is 27.4. The third kappa shape index (κ3) is 7.87. The number of hydrogen-bond donors (Lipinski definition) is 2. The highest BCUT2D eigenvalue weighted by atomic mass is 32.2. The zero-order chi connectivity index (χ0) is 18.8. The van der Waals surface area contributed by atoms with Gasteiger partial charge in [-0.25, -0.2) is 8.42 Å². The average molecular weight is 378 g/mol. The fourth-order valence-corrected chi connectivity index (χ4v) is 4.16. The molecule has 0 spiro atoms. The van der Waals surface area contributed by atoms with Crippen LogP contribution in [0.5, 0.6) is 0 Å². The van der Waals surface area contributed by atoms with Gasteiger partial charge in [-0.05, 0) is 50.0 Å². The predicted octanol–water partition coefficient (Wildman–Crippen LogP) is 3.64. The summed E-state index contributed by atoms with van der Waals surface area (Å²) in [6.45, 7) is 0. The SMILES string of the molecule is O=C(O)CCCC=CC1C=C(NS(=O)(=O)CCc2ccccc2)CCC1. The summed E-state index contributed by atoms with van der Waals surface area (Å²) in [5.74, 6) is -0.493. The van der Waals surface area contributed by atoms with Crippen molar-refractivity contribution < 1.29 is 18.3 Å². The van der Waals surface area contributed by atoms with E-state index >= 15 is 0 Å². The summed E-state index contributed by atoms with van der Waals surface area (Å²) in [7, 11) is -3.35. The molecule has 0 saturated carbocycles. The molecule has 0 aliphatic heterocycles. The van der Waals surface area contributed by atoms with E-state index in [1.807, 2.05) is 42.5 Å². The molecule has 1 aromatic rings. The van der Waals surface area contributed by atoms with Crippen LogP contribution >= 0.6 is 0 Å². The van der Waals surface area contributed by atoms with E-state index in [1.54, 1.807) is 0 Å². The fraction of sp³-hybridized carbons (Fsp3) is 0.450. The maximum absolute atomic E-state index is 12.3. The Hall–Kier alpha value is -2.08. The van der Waals surface area contributed by atoms with Crippen LogP contribution in [0.1, 0.15) is 44.1 Å². The predicted molar refractivity (Wildman–Crippen MR) is 103 cm³/mol. The first-order chi connectivity index (χ1) is 12.4. The molecule has 1 aromatic carbocycles. The largest absolute Gasteiger partial charge is 0.481 e. The highest BCUT2D eigenvalue weighted by molar-refractivity contribution is 7.89. The van der Waals surface area contributed by atoms with Crippen LogP contribution in [0.15, 0.2) is 54.3 Å². The number of nitrogens with one attached hydrogen (secondary N) is 1. The Bertz CT molecular complexity index is 738. The number of sulfonamides is 1. The van der Waals surface area contributed by atoms with E-state index in [0.29, 0.717) is 12.8 Å². The lowest BCUT2D eigenvalue weighted by molar-refractivity contribution is -0.137. The molecule has 0 amide bonds. The molecule has 0 bridgehead atoms. The van der Waals surface area contributed by atoms with Crippen LogP contribution in [-0.2, 0) is 21.2 Å². The van der Waals surface area contributed by atoms with Crippen molar-refractivity contribution in [1.29, 1.82) is 0 Å². The topological polar surface area (TPSA) is 83.5 Å². The number of unbranched alkanes of at least 4 members (excludes halogenated alkanes) is 1. The van der Waals surface area contributed by atoms with Crippen molar-refractivity contribution in [1.82, 2.24) is 4.72 Å². The van der Waals surface area contributed by atoms with Crippen LogP contribution < -0.4 is 4.72 Å². The number of aryl methyl sites for hydroxylation is 1. The second kappa shape index (κ2) is 10.2. The molecule has 1 atom stereocenters. The number of aliphatic carboxylic acids is 1. The molecular weight excluding hydrogens is 350 g/mol. The molecule has 142 valence electrons. The van der Waals surface area contributed by atoms with Crippen molar-refractivity contribution in [2.75, 3.05) is 5.75 Å². The van der Waals surface area contributed by atoms with E-state index in [-0.39, 0.29) is 18.1 Å². The van der Waals surface area contributed by atoms with Crippen LogP contribution in [-0.4, -0.2) is 25.2 Å². The molecule has 0 radical (unpaired) electrons. The molecule has 0 aromatic heterocycles. The third-order valence-corrected chi connectivity index (χ3v) is 5.65. The normalized spacial score (nSPS) is 17.8. The minimum Gasteiger partial charge on any atom is -0.481 e. The first-order valence-corrected chi connectivity index (χ1v) is 10.7. The van der Waals surface area contributed by atoms with Crippen LogP contribution in [0.25, 0.3) is 0 Å². The van der Waals surface area contributed by atoms with Crippen molar-refractivity contribution in [3.05, 3.63) is 59.8 Å². The molecule has 1 aliphatic rings. The van der Waals surface area contributed by atoms with E-state index in [9.17, 15) is 13.2 Å². The number of hydrogen-bond acceptors (Lipinski definition) is 3. The standard InChI is InChI=1S/C20H27NO4S/c22-20(23)13-6-2-5-10-18-11-7-12-19(16-18)21-26(24,25)15-14-17-8-3-1-4-9-17/h1,3-5,8-10,16,18,21H,2,6-7,11-15H2,(H,22,23). The van der Waals surface area contributed by atoms with Crippen molar-refractivity contribution in [2.45, 2.75) is 44.9 Å². The number of carbonyl (C=O) groups is 1. The number of carboxylic acid groups (broad SMARTS) is 1. The van der Waals surface area contributed by atoms with Crippen LogP contribution in [0, 0.1) is 5.92 Å². The second-order valence-corrected chi connectivity index (χ2v) is 8.46. The number of rotatable bonds is 10. The number of benzene rings is 1. The Labute approximate surface area is 155 Å². The highest BCUT2D eigenvalue weighted by Gasteiger charge is 2.16. The Morgan fingerprint density at radius 3 is 2.77 bits per heavy atom. The molecule has 2 N–H and O–H groups in total. The minimum atomic E-state index is -3.35. The van der Waals surface area contributed by atoms with Gasteiger partial charge >= 0.3 is 5.97 Å². The minimum absolute atomic E-state index is 0.0735. The second-order valence-electron chi connectivity index (χ2n) is 6.62. The van der Waals surface area contributed by atoms with Crippen molar-refractivity contribution in [2.24, 2.45) is 5.92 Å². The maximum Gasteiger partial charge on any atom is 0.303 e. The Balaban J connectivity index is 1.83. The molecule has 0 fully saturated rings. The maximum atomic E-state index is 12.3.